The Morgan fingerprint density at radius 2 is 2.00 bits per heavy atom. The molecule has 0 saturated carbocycles. The molecule has 1 atom stereocenters. The average molecular weight is 487 g/mol. The first-order valence-corrected chi connectivity index (χ1v) is 8.91. The third-order valence-electron chi connectivity index (χ3n) is 3.81. The summed E-state index contributed by atoms with van der Waals surface area (Å²) >= 11 is 0. The first kappa shape index (κ1) is 23.3. The molecule has 0 fully saturated rings. The maximum absolute atomic E-state index is 10.6. The van der Waals surface area contributed by atoms with Gasteiger partial charge < -0.3 is 24.9 Å². The van der Waals surface area contributed by atoms with Gasteiger partial charge >= 0.3 is 0 Å². The van der Waals surface area contributed by atoms with Gasteiger partial charge in [0.2, 0.25) is 0 Å². The number of ether oxygens (including phenoxy) is 1. The number of nitrogens with zero attached hydrogens (tertiary/aromatic N) is 1. The van der Waals surface area contributed by atoms with Crippen LogP contribution in [-0.4, -0.2) is 37.3 Å². The van der Waals surface area contributed by atoms with E-state index in [-0.39, 0.29) is 30.5 Å². The van der Waals surface area contributed by atoms with Crippen LogP contribution in [0.2, 0.25) is 0 Å². The summed E-state index contributed by atoms with van der Waals surface area (Å²) in [5.74, 6) is 2.76. The molecule has 1 heterocycles. The molecule has 0 radical (unpaired) electrons. The third-order valence-corrected chi connectivity index (χ3v) is 3.81. The van der Waals surface area contributed by atoms with Gasteiger partial charge in [-0.05, 0) is 57.5 Å². The Hall–Kier alpha value is -1.74. The molecule has 7 heteroatoms. The van der Waals surface area contributed by atoms with Crippen molar-refractivity contribution >= 4 is 29.9 Å². The van der Waals surface area contributed by atoms with E-state index in [0.29, 0.717) is 24.9 Å². The van der Waals surface area contributed by atoms with Crippen LogP contribution in [0.3, 0.4) is 0 Å². The largest absolute Gasteiger partial charge is 0.492 e. The van der Waals surface area contributed by atoms with Crippen LogP contribution in [-0.2, 0) is 5.60 Å². The number of aliphatic imine (C=N–C) groups is 1. The molecule has 0 bridgehead atoms. The van der Waals surface area contributed by atoms with Gasteiger partial charge in [-0.2, -0.15) is 0 Å². The highest BCUT2D eigenvalue weighted by Gasteiger charge is 2.26. The number of furan rings is 1. The van der Waals surface area contributed by atoms with Gasteiger partial charge in [0, 0.05) is 6.54 Å². The van der Waals surface area contributed by atoms with Crippen LogP contribution in [0, 0.1) is 13.8 Å². The lowest BCUT2D eigenvalue weighted by molar-refractivity contribution is 0.0428. The number of aliphatic hydroxyl groups is 1. The van der Waals surface area contributed by atoms with Gasteiger partial charge in [-0.25, -0.2) is 4.99 Å². The summed E-state index contributed by atoms with van der Waals surface area (Å²) in [6.07, 6.45) is 0. The second-order valence-electron chi connectivity index (χ2n) is 6.47. The van der Waals surface area contributed by atoms with E-state index in [2.05, 4.69) is 15.6 Å². The molecule has 1 aromatic carbocycles. The number of benzene rings is 1. The van der Waals surface area contributed by atoms with Crippen LogP contribution in [0.25, 0.3) is 0 Å². The van der Waals surface area contributed by atoms with Gasteiger partial charge in [0.25, 0.3) is 0 Å². The van der Waals surface area contributed by atoms with E-state index < -0.39 is 5.60 Å². The summed E-state index contributed by atoms with van der Waals surface area (Å²) in [6, 6.07) is 11.6. The standard InChI is InChI=1S/C20H29N3O3.HI/c1-5-21-19(22-11-12-25-17-8-6-7-15(2)13-17)23-14-20(4,24)18-10-9-16(3)26-18;/h6-10,13,24H,5,11-12,14H2,1-4H3,(H2,21,22,23);1H. The van der Waals surface area contributed by atoms with Gasteiger partial charge in [0.05, 0.1) is 13.1 Å². The lowest BCUT2D eigenvalue weighted by atomic mass is 10.0. The molecule has 2 rings (SSSR count). The van der Waals surface area contributed by atoms with Crippen molar-refractivity contribution in [3.8, 4) is 5.75 Å². The quantitative estimate of drug-likeness (QED) is 0.231. The van der Waals surface area contributed by atoms with Crippen molar-refractivity contribution in [2.24, 2.45) is 4.99 Å². The molecular weight excluding hydrogens is 457 g/mol. The second-order valence-corrected chi connectivity index (χ2v) is 6.47. The maximum Gasteiger partial charge on any atom is 0.191 e. The zero-order valence-electron chi connectivity index (χ0n) is 16.4. The molecule has 2 aromatic rings. The molecule has 0 aliphatic carbocycles. The summed E-state index contributed by atoms with van der Waals surface area (Å²) in [6.45, 7) is 9.60. The molecule has 0 saturated heterocycles. The summed E-state index contributed by atoms with van der Waals surface area (Å²) in [4.78, 5) is 4.46. The Kier molecular flexibility index (Phi) is 9.65. The van der Waals surface area contributed by atoms with Crippen LogP contribution >= 0.6 is 24.0 Å². The van der Waals surface area contributed by atoms with Crippen molar-refractivity contribution in [1.82, 2.24) is 10.6 Å². The van der Waals surface area contributed by atoms with E-state index in [0.717, 1.165) is 18.1 Å². The molecule has 6 nitrogen and oxygen atoms in total. The monoisotopic (exact) mass is 487 g/mol. The third kappa shape index (κ3) is 7.80. The van der Waals surface area contributed by atoms with Crippen molar-refractivity contribution < 1.29 is 14.3 Å². The first-order chi connectivity index (χ1) is 12.4. The predicted molar refractivity (Wildman–Crippen MR) is 119 cm³/mol. The summed E-state index contributed by atoms with van der Waals surface area (Å²) in [5, 5.41) is 16.9. The molecule has 0 aliphatic rings. The summed E-state index contributed by atoms with van der Waals surface area (Å²) < 4.78 is 11.2. The minimum atomic E-state index is -1.16. The maximum atomic E-state index is 10.6. The Morgan fingerprint density at radius 1 is 1.22 bits per heavy atom. The second kappa shape index (κ2) is 11.2. The van der Waals surface area contributed by atoms with E-state index in [1.165, 1.54) is 5.56 Å². The van der Waals surface area contributed by atoms with Crippen molar-refractivity contribution in [2.45, 2.75) is 33.3 Å². The lowest BCUT2D eigenvalue weighted by Gasteiger charge is -2.19. The Bertz CT molecular complexity index is 729. The zero-order valence-corrected chi connectivity index (χ0v) is 18.7. The number of halogens is 1. The molecule has 27 heavy (non-hydrogen) atoms. The fourth-order valence-electron chi connectivity index (χ4n) is 2.42. The van der Waals surface area contributed by atoms with Crippen molar-refractivity contribution in [3.05, 3.63) is 53.5 Å². The predicted octanol–water partition coefficient (Wildman–Crippen LogP) is 3.36. The normalized spacial score (nSPS) is 13.4. The van der Waals surface area contributed by atoms with Crippen LogP contribution in [0.5, 0.6) is 5.75 Å². The highest BCUT2D eigenvalue weighted by atomic mass is 127. The molecule has 150 valence electrons. The zero-order chi connectivity index (χ0) is 19.0. The average Bonchev–Trinajstić information content (AvgIpc) is 3.04. The Labute approximate surface area is 178 Å². The van der Waals surface area contributed by atoms with Crippen LogP contribution in [0.1, 0.15) is 30.9 Å². The highest BCUT2D eigenvalue weighted by Crippen LogP contribution is 2.23. The number of hydrogen-bond acceptors (Lipinski definition) is 4. The van der Waals surface area contributed by atoms with Gasteiger partial charge in [-0.15, -0.1) is 24.0 Å². The Morgan fingerprint density at radius 3 is 2.63 bits per heavy atom. The minimum absolute atomic E-state index is 0. The number of aryl methyl sites for hydroxylation is 2. The molecule has 3 N–H and O–H groups in total. The van der Waals surface area contributed by atoms with E-state index >= 15 is 0 Å². The SMILES string of the molecule is CCNC(=NCC(C)(O)c1ccc(C)o1)NCCOc1cccc(C)c1.I. The van der Waals surface area contributed by atoms with Crippen molar-refractivity contribution in [2.75, 3.05) is 26.2 Å². The van der Waals surface area contributed by atoms with Crippen molar-refractivity contribution in [1.29, 1.82) is 0 Å². The number of hydrogen-bond donors (Lipinski definition) is 3. The van der Waals surface area contributed by atoms with Crippen LogP contribution < -0.4 is 15.4 Å². The minimum Gasteiger partial charge on any atom is -0.492 e. The van der Waals surface area contributed by atoms with Gasteiger partial charge in [0.15, 0.2) is 5.96 Å². The number of guanidine groups is 1. The lowest BCUT2D eigenvalue weighted by Crippen LogP contribution is -2.40. The highest BCUT2D eigenvalue weighted by molar-refractivity contribution is 14.0. The Balaban J connectivity index is 0.00000364. The molecule has 1 unspecified atom stereocenters. The fraction of sp³-hybridized carbons (Fsp3) is 0.450. The van der Waals surface area contributed by atoms with E-state index in [4.69, 9.17) is 9.15 Å². The smallest absolute Gasteiger partial charge is 0.191 e. The molecule has 0 amide bonds. The summed E-state index contributed by atoms with van der Waals surface area (Å²) in [5.41, 5.74) is 0.00931. The topological polar surface area (TPSA) is 79.0 Å². The summed E-state index contributed by atoms with van der Waals surface area (Å²) in [7, 11) is 0. The molecule has 1 aromatic heterocycles. The number of rotatable bonds is 8. The first-order valence-electron chi connectivity index (χ1n) is 8.91. The fourth-order valence-corrected chi connectivity index (χ4v) is 2.42. The molecular formula is C20H30IN3O3. The van der Waals surface area contributed by atoms with Crippen LogP contribution in [0.15, 0.2) is 45.8 Å². The van der Waals surface area contributed by atoms with Gasteiger partial charge in [-0.1, -0.05) is 12.1 Å². The number of nitrogens with one attached hydrogen (secondary N) is 2. The van der Waals surface area contributed by atoms with Crippen molar-refractivity contribution in [3.63, 3.8) is 0 Å². The van der Waals surface area contributed by atoms with Gasteiger partial charge in [-0.3, -0.25) is 0 Å². The molecule has 0 aliphatic heterocycles. The van der Waals surface area contributed by atoms with Gasteiger partial charge in [0.1, 0.15) is 29.5 Å². The van der Waals surface area contributed by atoms with E-state index in [1.54, 1.807) is 13.0 Å². The van der Waals surface area contributed by atoms with E-state index in [1.807, 2.05) is 51.1 Å². The van der Waals surface area contributed by atoms with E-state index in [9.17, 15) is 5.11 Å². The molecule has 0 spiro atoms. The van der Waals surface area contributed by atoms with Crippen LogP contribution in [0.4, 0.5) is 0 Å².